The number of hydrogen-bond acceptors (Lipinski definition) is 7. The van der Waals surface area contributed by atoms with Gasteiger partial charge in [0.2, 0.25) is 0 Å². The molecule has 1 N–H and O–H groups in total. The molecule has 0 aliphatic carbocycles. The lowest BCUT2D eigenvalue weighted by Crippen LogP contribution is -2.40. The highest BCUT2D eigenvalue weighted by Crippen LogP contribution is 2.25. The zero-order valence-corrected chi connectivity index (χ0v) is 25.0. The number of pyridine rings is 1. The summed E-state index contributed by atoms with van der Waals surface area (Å²) in [7, 11) is 1.91. The Morgan fingerprint density at radius 1 is 0.976 bits per heavy atom. The molecule has 0 atom stereocenters. The maximum absolute atomic E-state index is 13.1. The molecule has 9 nitrogen and oxygen atoms in total. The van der Waals surface area contributed by atoms with Crippen molar-refractivity contribution >= 4 is 34.7 Å². The highest BCUT2D eigenvalue weighted by molar-refractivity contribution is 6.16. The molecule has 1 aromatic heterocycles. The Morgan fingerprint density at radius 3 is 2.36 bits per heavy atom. The molecule has 218 valence electrons. The second-order valence-electron chi connectivity index (χ2n) is 11.8. The highest BCUT2D eigenvalue weighted by Gasteiger charge is 2.22. The van der Waals surface area contributed by atoms with Crippen LogP contribution in [0.4, 0.5) is 11.5 Å². The predicted molar refractivity (Wildman–Crippen MR) is 166 cm³/mol. The Morgan fingerprint density at radius 2 is 1.69 bits per heavy atom. The number of anilines is 1. The Kier molecular flexibility index (Phi) is 8.49. The lowest BCUT2D eigenvalue weighted by Gasteiger charge is -2.26. The van der Waals surface area contributed by atoms with Crippen molar-refractivity contribution in [1.82, 2.24) is 14.9 Å². The smallest absolute Gasteiger partial charge is 0.255 e. The number of morpholine rings is 1. The summed E-state index contributed by atoms with van der Waals surface area (Å²) in [5, 5.41) is 9.72. The van der Waals surface area contributed by atoms with Crippen LogP contribution >= 0.6 is 0 Å². The van der Waals surface area contributed by atoms with Crippen molar-refractivity contribution in [3.05, 3.63) is 88.6 Å². The van der Waals surface area contributed by atoms with Crippen LogP contribution in [0.15, 0.2) is 70.9 Å². The van der Waals surface area contributed by atoms with Crippen LogP contribution in [-0.2, 0) is 10.2 Å². The van der Waals surface area contributed by atoms with E-state index in [9.17, 15) is 9.59 Å². The molecular weight excluding hydrogens is 528 g/mol. The van der Waals surface area contributed by atoms with Crippen molar-refractivity contribution in [1.29, 1.82) is 0 Å². The number of carbonyl (C=O) groups excluding carboxylic acids is 2. The summed E-state index contributed by atoms with van der Waals surface area (Å²) in [6, 6.07) is 17.2. The SMILES string of the molecule is Cc1c(NC(=O)c2ccc(C(C)(C)C)cc2)cccc1C1=NN(C)CC(=Nc2ccc(C(=O)N3CCOCC3)cn2)C1. The molecule has 2 aromatic carbocycles. The predicted octanol–water partition coefficient (Wildman–Crippen LogP) is 5.22. The van der Waals surface area contributed by atoms with Crippen molar-refractivity contribution in [2.24, 2.45) is 10.1 Å². The largest absolute Gasteiger partial charge is 0.378 e. The minimum atomic E-state index is -0.151. The van der Waals surface area contributed by atoms with E-state index in [1.165, 1.54) is 5.56 Å². The standard InChI is InChI=1S/C33H38N6O3/c1-22-27(7-6-8-28(22)36-31(40)23-9-12-25(13-10-23)33(2,3)4)29-19-26(21-38(5)37-29)35-30-14-11-24(20-34-30)32(41)39-15-17-42-18-16-39/h6-14,20H,15-19,21H2,1-5H3,(H,36,40). The summed E-state index contributed by atoms with van der Waals surface area (Å²) in [4.78, 5) is 36.8. The Hall–Kier alpha value is -4.37. The van der Waals surface area contributed by atoms with Crippen molar-refractivity contribution in [3.63, 3.8) is 0 Å². The number of benzene rings is 2. The summed E-state index contributed by atoms with van der Waals surface area (Å²) in [6.45, 7) is 11.3. The second kappa shape index (κ2) is 12.2. The molecule has 2 amide bonds. The third kappa shape index (κ3) is 6.74. The summed E-state index contributed by atoms with van der Waals surface area (Å²) < 4.78 is 5.34. The second-order valence-corrected chi connectivity index (χ2v) is 11.8. The van der Waals surface area contributed by atoms with Crippen LogP contribution in [0.3, 0.4) is 0 Å². The van der Waals surface area contributed by atoms with Crippen LogP contribution in [0.2, 0.25) is 0 Å². The van der Waals surface area contributed by atoms with E-state index < -0.39 is 0 Å². The van der Waals surface area contributed by atoms with Crippen molar-refractivity contribution in [2.75, 3.05) is 45.2 Å². The van der Waals surface area contributed by atoms with Gasteiger partial charge in [-0.25, -0.2) is 9.98 Å². The summed E-state index contributed by atoms with van der Waals surface area (Å²) in [6.07, 6.45) is 2.14. The minimum absolute atomic E-state index is 0.0254. The first-order chi connectivity index (χ1) is 20.1. The topological polar surface area (TPSA) is 99.5 Å². The summed E-state index contributed by atoms with van der Waals surface area (Å²) >= 11 is 0. The lowest BCUT2D eigenvalue weighted by atomic mass is 9.86. The summed E-state index contributed by atoms with van der Waals surface area (Å²) in [5.41, 5.74) is 6.78. The van der Waals surface area contributed by atoms with Crippen molar-refractivity contribution in [2.45, 2.75) is 39.5 Å². The average molecular weight is 567 g/mol. The van der Waals surface area contributed by atoms with Crippen molar-refractivity contribution < 1.29 is 14.3 Å². The normalized spacial score (nSPS) is 16.8. The molecule has 9 heteroatoms. The van der Waals surface area contributed by atoms with Gasteiger partial charge in [-0.15, -0.1) is 0 Å². The Balaban J connectivity index is 1.30. The average Bonchev–Trinajstić information content (AvgIpc) is 2.98. The van der Waals surface area contributed by atoms with Gasteiger partial charge in [0.25, 0.3) is 11.8 Å². The van der Waals surface area contributed by atoms with E-state index in [1.807, 2.05) is 61.4 Å². The molecular formula is C33H38N6O3. The van der Waals surface area contributed by atoms with Crippen LogP contribution in [-0.4, -0.2) is 78.0 Å². The van der Waals surface area contributed by atoms with Crippen molar-refractivity contribution in [3.8, 4) is 0 Å². The molecule has 0 unspecified atom stereocenters. The van der Waals surface area contributed by atoms with E-state index in [0.717, 1.165) is 28.2 Å². The maximum Gasteiger partial charge on any atom is 0.255 e. The third-order valence-corrected chi connectivity index (χ3v) is 7.55. The number of carbonyl (C=O) groups is 2. The molecule has 1 fully saturated rings. The van der Waals surface area contributed by atoms with Gasteiger partial charge < -0.3 is 15.0 Å². The first-order valence-corrected chi connectivity index (χ1v) is 14.3. The zero-order valence-electron chi connectivity index (χ0n) is 25.0. The Labute approximate surface area is 247 Å². The summed E-state index contributed by atoms with van der Waals surface area (Å²) in [5.74, 6) is 0.358. The first kappa shape index (κ1) is 29.1. The van der Waals surface area contributed by atoms with Gasteiger partial charge in [0, 0.05) is 55.3 Å². The number of hydrazone groups is 1. The van der Waals surface area contributed by atoms with Crippen LogP contribution in [0.1, 0.15) is 64.6 Å². The van der Waals surface area contributed by atoms with Gasteiger partial charge in [0.05, 0.1) is 31.0 Å². The van der Waals surface area contributed by atoms with E-state index in [0.29, 0.717) is 56.2 Å². The van der Waals surface area contributed by atoms with Crippen LogP contribution in [0.25, 0.3) is 0 Å². The maximum atomic E-state index is 13.1. The van der Waals surface area contributed by atoms with Gasteiger partial charge in [-0.3, -0.25) is 14.6 Å². The molecule has 2 aliphatic rings. The number of hydrogen-bond donors (Lipinski definition) is 1. The van der Waals surface area contributed by atoms with E-state index in [4.69, 9.17) is 14.8 Å². The van der Waals surface area contributed by atoms with Gasteiger partial charge in [-0.2, -0.15) is 5.10 Å². The Bertz CT molecular complexity index is 1510. The van der Waals surface area contributed by atoms with Gasteiger partial charge in [-0.1, -0.05) is 45.0 Å². The minimum Gasteiger partial charge on any atom is -0.378 e. The molecule has 2 aliphatic heterocycles. The zero-order chi connectivity index (χ0) is 29.9. The molecule has 0 saturated carbocycles. The van der Waals surface area contributed by atoms with E-state index in [-0.39, 0.29) is 17.2 Å². The van der Waals surface area contributed by atoms with Gasteiger partial charge >= 0.3 is 0 Å². The molecule has 0 spiro atoms. The quantitative estimate of drug-likeness (QED) is 0.456. The molecule has 0 bridgehead atoms. The number of nitrogens with zero attached hydrogens (tertiary/aromatic N) is 5. The molecule has 3 aromatic rings. The van der Waals surface area contributed by atoms with Crippen LogP contribution in [0, 0.1) is 6.92 Å². The van der Waals surface area contributed by atoms with E-state index >= 15 is 0 Å². The highest BCUT2D eigenvalue weighted by atomic mass is 16.5. The first-order valence-electron chi connectivity index (χ1n) is 14.3. The number of amides is 2. The van der Waals surface area contributed by atoms with Crippen LogP contribution < -0.4 is 5.32 Å². The van der Waals surface area contributed by atoms with E-state index in [2.05, 4.69) is 31.1 Å². The monoisotopic (exact) mass is 566 g/mol. The van der Waals surface area contributed by atoms with Gasteiger partial charge in [0.15, 0.2) is 5.82 Å². The van der Waals surface area contributed by atoms with E-state index in [1.54, 1.807) is 23.2 Å². The fourth-order valence-corrected chi connectivity index (χ4v) is 5.10. The number of aliphatic imine (C=N–C) groups is 1. The molecule has 5 rings (SSSR count). The molecule has 1 saturated heterocycles. The number of nitrogens with one attached hydrogen (secondary N) is 1. The molecule has 0 radical (unpaired) electrons. The molecule has 42 heavy (non-hydrogen) atoms. The number of rotatable bonds is 5. The number of aromatic nitrogens is 1. The molecule has 3 heterocycles. The fourth-order valence-electron chi connectivity index (χ4n) is 5.10. The lowest BCUT2D eigenvalue weighted by molar-refractivity contribution is 0.0302. The van der Waals surface area contributed by atoms with Gasteiger partial charge in [-0.05, 0) is 53.8 Å². The third-order valence-electron chi connectivity index (χ3n) is 7.55. The number of ether oxygens (including phenoxy) is 1. The van der Waals surface area contributed by atoms with Crippen LogP contribution in [0.5, 0.6) is 0 Å². The van der Waals surface area contributed by atoms with Gasteiger partial charge in [0.1, 0.15) is 0 Å². The fraction of sp³-hybridized carbons (Fsp3) is 0.364.